The number of H-pyrrole nitrogens is 1. The van der Waals surface area contributed by atoms with E-state index in [0.29, 0.717) is 22.5 Å². The molecule has 1 aliphatic carbocycles. The number of anilines is 1. The summed E-state index contributed by atoms with van der Waals surface area (Å²) in [5.41, 5.74) is 6.88. The third kappa shape index (κ3) is 4.04. The Morgan fingerprint density at radius 2 is 1.97 bits per heavy atom. The van der Waals surface area contributed by atoms with Crippen molar-refractivity contribution in [1.82, 2.24) is 9.97 Å². The first-order chi connectivity index (χ1) is 17.0. The summed E-state index contributed by atoms with van der Waals surface area (Å²) in [5.74, 6) is 0.562. The van der Waals surface area contributed by atoms with Crippen molar-refractivity contribution in [2.24, 2.45) is 0 Å². The molecule has 6 heteroatoms. The Kier molecular flexibility index (Phi) is 6.00. The quantitative estimate of drug-likeness (QED) is 0.274. The van der Waals surface area contributed by atoms with Crippen molar-refractivity contribution in [3.8, 4) is 6.07 Å². The van der Waals surface area contributed by atoms with Gasteiger partial charge in [-0.15, -0.1) is 0 Å². The molecule has 5 rings (SSSR count). The molecule has 176 valence electrons. The van der Waals surface area contributed by atoms with Gasteiger partial charge in [0.05, 0.1) is 22.2 Å². The second-order valence-electron chi connectivity index (χ2n) is 8.88. The van der Waals surface area contributed by atoms with E-state index in [4.69, 9.17) is 4.42 Å². The van der Waals surface area contributed by atoms with Gasteiger partial charge >= 0.3 is 5.63 Å². The molecular formula is C29H28N4O2. The van der Waals surface area contributed by atoms with Crippen molar-refractivity contribution in [3.63, 3.8) is 0 Å². The Bertz CT molecular complexity index is 1560. The molecule has 0 amide bonds. The molecule has 6 nitrogen and oxygen atoms in total. The summed E-state index contributed by atoms with van der Waals surface area (Å²) < 4.78 is 5.83. The SMILES string of the molecule is CCN(CC)c1ccc2c(C)c(C3=C/C(=C(\C#N)c4nc5ccccc5[nH]4)CCC3)c(=O)oc2c1. The van der Waals surface area contributed by atoms with Crippen LogP contribution in [0.2, 0.25) is 0 Å². The van der Waals surface area contributed by atoms with Gasteiger partial charge in [-0.25, -0.2) is 9.78 Å². The number of para-hydroxylation sites is 2. The van der Waals surface area contributed by atoms with Gasteiger partial charge in [0, 0.05) is 30.2 Å². The smallest absolute Gasteiger partial charge is 0.344 e. The lowest BCUT2D eigenvalue weighted by Crippen LogP contribution is -2.21. The Morgan fingerprint density at radius 3 is 2.71 bits per heavy atom. The average Bonchev–Trinajstić information content (AvgIpc) is 3.29. The van der Waals surface area contributed by atoms with E-state index in [-0.39, 0.29) is 5.63 Å². The summed E-state index contributed by atoms with van der Waals surface area (Å²) in [5, 5.41) is 10.9. The highest BCUT2D eigenvalue weighted by atomic mass is 16.4. The molecule has 0 unspecified atom stereocenters. The molecule has 0 bridgehead atoms. The molecule has 2 heterocycles. The normalized spacial score (nSPS) is 15.2. The molecule has 2 aromatic heterocycles. The molecule has 0 saturated heterocycles. The number of hydrogen-bond donors (Lipinski definition) is 1. The lowest BCUT2D eigenvalue weighted by Gasteiger charge is -2.22. The number of aromatic nitrogens is 2. The minimum absolute atomic E-state index is 0.332. The van der Waals surface area contributed by atoms with Crippen molar-refractivity contribution >= 4 is 38.8 Å². The molecule has 35 heavy (non-hydrogen) atoms. The van der Waals surface area contributed by atoms with Gasteiger partial charge in [0.15, 0.2) is 0 Å². The number of nitrogens with one attached hydrogen (secondary N) is 1. The highest BCUT2D eigenvalue weighted by Crippen LogP contribution is 2.35. The summed E-state index contributed by atoms with van der Waals surface area (Å²) in [6.07, 6.45) is 4.36. The number of aromatic amines is 1. The van der Waals surface area contributed by atoms with Gasteiger partial charge in [-0.3, -0.25) is 0 Å². The van der Waals surface area contributed by atoms with Gasteiger partial charge in [0.1, 0.15) is 17.5 Å². The molecule has 1 aliphatic rings. The zero-order valence-corrected chi connectivity index (χ0v) is 20.3. The molecule has 0 atom stereocenters. The van der Waals surface area contributed by atoms with Crippen LogP contribution in [0, 0.1) is 18.3 Å². The molecule has 2 aromatic carbocycles. The van der Waals surface area contributed by atoms with Crippen LogP contribution in [0.5, 0.6) is 0 Å². The van der Waals surface area contributed by atoms with Crippen LogP contribution in [-0.2, 0) is 0 Å². The molecule has 0 spiro atoms. The number of nitriles is 1. The fourth-order valence-electron chi connectivity index (χ4n) is 5.07. The van der Waals surface area contributed by atoms with E-state index < -0.39 is 0 Å². The zero-order chi connectivity index (χ0) is 24.5. The molecule has 0 radical (unpaired) electrons. The number of hydrogen-bond acceptors (Lipinski definition) is 5. The Hall–Kier alpha value is -4.11. The first kappa shape index (κ1) is 22.7. The maximum atomic E-state index is 13.2. The van der Waals surface area contributed by atoms with Gasteiger partial charge < -0.3 is 14.3 Å². The van der Waals surface area contributed by atoms with Crippen molar-refractivity contribution in [3.05, 3.63) is 81.5 Å². The average molecular weight is 465 g/mol. The maximum Gasteiger partial charge on any atom is 0.344 e. The van der Waals surface area contributed by atoms with E-state index in [2.05, 4.69) is 40.9 Å². The molecule has 0 saturated carbocycles. The first-order valence-corrected chi connectivity index (χ1v) is 12.2. The van der Waals surface area contributed by atoms with E-state index in [1.165, 1.54) is 0 Å². The van der Waals surface area contributed by atoms with Crippen LogP contribution >= 0.6 is 0 Å². The van der Waals surface area contributed by atoms with E-state index in [0.717, 1.165) is 71.2 Å². The molecule has 0 fully saturated rings. The maximum absolute atomic E-state index is 13.2. The predicted molar refractivity (Wildman–Crippen MR) is 141 cm³/mol. The zero-order valence-electron chi connectivity index (χ0n) is 20.3. The van der Waals surface area contributed by atoms with Crippen LogP contribution in [-0.4, -0.2) is 23.1 Å². The highest BCUT2D eigenvalue weighted by Gasteiger charge is 2.21. The molecular weight excluding hydrogens is 436 g/mol. The summed E-state index contributed by atoms with van der Waals surface area (Å²) in [7, 11) is 0. The minimum Gasteiger partial charge on any atom is -0.422 e. The van der Waals surface area contributed by atoms with Gasteiger partial charge in [-0.05, 0) is 81.0 Å². The lowest BCUT2D eigenvalue weighted by atomic mass is 9.87. The van der Waals surface area contributed by atoms with Gasteiger partial charge in [0.2, 0.25) is 0 Å². The third-order valence-corrected chi connectivity index (χ3v) is 6.90. The van der Waals surface area contributed by atoms with Crippen molar-refractivity contribution < 1.29 is 4.42 Å². The summed E-state index contributed by atoms with van der Waals surface area (Å²) >= 11 is 0. The van der Waals surface area contributed by atoms with Crippen LogP contribution in [0.3, 0.4) is 0 Å². The Morgan fingerprint density at radius 1 is 1.17 bits per heavy atom. The fourth-order valence-corrected chi connectivity index (χ4v) is 5.07. The number of benzene rings is 2. The van der Waals surface area contributed by atoms with E-state index in [1.807, 2.05) is 49.4 Å². The topological polar surface area (TPSA) is 85.9 Å². The molecule has 0 aliphatic heterocycles. The number of rotatable bonds is 5. The Balaban J connectivity index is 1.62. The largest absolute Gasteiger partial charge is 0.422 e. The number of aryl methyl sites for hydroxylation is 1. The van der Waals surface area contributed by atoms with E-state index in [9.17, 15) is 10.1 Å². The molecule has 1 N–H and O–H groups in total. The predicted octanol–water partition coefficient (Wildman–Crippen LogP) is 6.37. The lowest BCUT2D eigenvalue weighted by molar-refractivity contribution is 0.556. The number of imidazole rings is 1. The van der Waals surface area contributed by atoms with E-state index >= 15 is 0 Å². The number of allylic oxidation sites excluding steroid dienone is 4. The number of nitrogens with zero attached hydrogens (tertiary/aromatic N) is 3. The van der Waals surface area contributed by atoms with Gasteiger partial charge in [0.25, 0.3) is 0 Å². The van der Waals surface area contributed by atoms with Crippen LogP contribution in [0.25, 0.3) is 33.1 Å². The van der Waals surface area contributed by atoms with Crippen LogP contribution in [0.15, 0.2) is 63.3 Å². The first-order valence-electron chi connectivity index (χ1n) is 12.2. The van der Waals surface area contributed by atoms with Gasteiger partial charge in [-0.1, -0.05) is 18.2 Å². The summed E-state index contributed by atoms with van der Waals surface area (Å²) in [6, 6.07) is 16.2. The Labute approximate surface area is 204 Å². The number of fused-ring (bicyclic) bond motifs is 2. The minimum atomic E-state index is -0.332. The second-order valence-corrected chi connectivity index (χ2v) is 8.88. The van der Waals surface area contributed by atoms with E-state index in [1.54, 1.807) is 0 Å². The third-order valence-electron chi connectivity index (χ3n) is 6.90. The van der Waals surface area contributed by atoms with Crippen LogP contribution in [0.1, 0.15) is 50.1 Å². The monoisotopic (exact) mass is 464 g/mol. The second kappa shape index (κ2) is 9.27. The van der Waals surface area contributed by atoms with Crippen molar-refractivity contribution in [2.45, 2.75) is 40.0 Å². The summed E-state index contributed by atoms with van der Waals surface area (Å²) in [6.45, 7) is 7.98. The summed E-state index contributed by atoms with van der Waals surface area (Å²) in [4.78, 5) is 23.3. The highest BCUT2D eigenvalue weighted by molar-refractivity contribution is 5.90. The van der Waals surface area contributed by atoms with Crippen molar-refractivity contribution in [1.29, 1.82) is 5.26 Å². The van der Waals surface area contributed by atoms with Crippen molar-refractivity contribution in [2.75, 3.05) is 18.0 Å². The molecule has 4 aromatic rings. The fraction of sp³-hybridized carbons (Fsp3) is 0.276. The van der Waals surface area contributed by atoms with Crippen LogP contribution < -0.4 is 10.5 Å². The standard InChI is InChI=1S/C29H28N4O2/c1-4-33(5-2)21-13-14-22-18(3)27(29(34)35-26(22)16-21)20-10-8-9-19(15-20)23(17-30)28-31-24-11-6-7-12-25(24)32-28/h6-7,11-16H,4-5,8-10H2,1-3H3,(H,31,32)/b23-19+. The van der Waals surface area contributed by atoms with Crippen LogP contribution in [0.4, 0.5) is 5.69 Å². The van der Waals surface area contributed by atoms with Gasteiger partial charge in [-0.2, -0.15) is 5.26 Å².